The fourth-order valence-corrected chi connectivity index (χ4v) is 2.21. The van der Waals surface area contributed by atoms with E-state index in [-0.39, 0.29) is 0 Å². The van der Waals surface area contributed by atoms with Crippen molar-refractivity contribution in [3.8, 4) is 11.8 Å². The Kier molecular flexibility index (Phi) is 4.05. The molecule has 1 heterocycles. The van der Waals surface area contributed by atoms with Crippen molar-refractivity contribution in [1.29, 1.82) is 0 Å². The van der Waals surface area contributed by atoms with Gasteiger partial charge in [0.2, 0.25) is 0 Å². The minimum Gasteiger partial charge on any atom is -0.497 e. The van der Waals surface area contributed by atoms with Crippen LogP contribution in [-0.2, 0) is 6.54 Å². The lowest BCUT2D eigenvalue weighted by Crippen LogP contribution is -2.04. The van der Waals surface area contributed by atoms with E-state index in [9.17, 15) is 0 Å². The van der Waals surface area contributed by atoms with Gasteiger partial charge in [-0.15, -0.1) is 0 Å². The van der Waals surface area contributed by atoms with Gasteiger partial charge in [-0.25, -0.2) is 0 Å². The summed E-state index contributed by atoms with van der Waals surface area (Å²) in [6.07, 6.45) is 0. The first kappa shape index (κ1) is 14.1. The van der Waals surface area contributed by atoms with Crippen molar-refractivity contribution >= 4 is 16.7 Å². The molecule has 0 amide bonds. The Balaban J connectivity index is 1.86. The molecule has 2 aromatic carbocycles. The maximum absolute atomic E-state index is 5.17. The molecule has 3 rings (SSSR count). The van der Waals surface area contributed by atoms with Gasteiger partial charge in [0.1, 0.15) is 11.6 Å². The molecule has 0 aliphatic carbocycles. The van der Waals surface area contributed by atoms with Crippen molar-refractivity contribution in [1.82, 2.24) is 9.97 Å². The maximum Gasteiger partial charge on any atom is 0.318 e. The molecule has 0 spiro atoms. The average molecular weight is 295 g/mol. The Labute approximate surface area is 128 Å². The van der Waals surface area contributed by atoms with Crippen molar-refractivity contribution in [2.45, 2.75) is 6.54 Å². The normalized spacial score (nSPS) is 10.5. The predicted molar refractivity (Wildman–Crippen MR) is 86.4 cm³/mol. The van der Waals surface area contributed by atoms with E-state index in [0.29, 0.717) is 12.6 Å². The van der Waals surface area contributed by atoms with Crippen molar-refractivity contribution in [2.75, 3.05) is 19.5 Å². The highest BCUT2D eigenvalue weighted by Crippen LogP contribution is 2.23. The summed E-state index contributed by atoms with van der Waals surface area (Å²) in [4.78, 5) is 8.74. The van der Waals surface area contributed by atoms with Crippen LogP contribution < -0.4 is 14.8 Å². The van der Waals surface area contributed by atoms with Crippen LogP contribution in [0.2, 0.25) is 0 Å². The van der Waals surface area contributed by atoms with Crippen LogP contribution in [0.4, 0.5) is 5.82 Å². The van der Waals surface area contributed by atoms with E-state index >= 15 is 0 Å². The first-order chi connectivity index (χ1) is 10.8. The zero-order valence-electron chi connectivity index (χ0n) is 12.5. The fourth-order valence-electron chi connectivity index (χ4n) is 2.21. The number of rotatable bonds is 5. The molecule has 0 bridgehead atoms. The summed E-state index contributed by atoms with van der Waals surface area (Å²) < 4.78 is 10.3. The Hall–Kier alpha value is -2.82. The van der Waals surface area contributed by atoms with Gasteiger partial charge < -0.3 is 14.8 Å². The minimum atomic E-state index is 0.357. The molecule has 0 fully saturated rings. The molecule has 0 aliphatic rings. The Morgan fingerprint density at radius 1 is 0.909 bits per heavy atom. The molecular formula is C17H17N3O2. The van der Waals surface area contributed by atoms with E-state index in [4.69, 9.17) is 9.47 Å². The fraction of sp³-hybridized carbons (Fsp3) is 0.176. The van der Waals surface area contributed by atoms with E-state index in [1.807, 2.05) is 48.5 Å². The number of aromatic nitrogens is 2. The van der Waals surface area contributed by atoms with Gasteiger partial charge in [0.25, 0.3) is 0 Å². The molecule has 5 heteroatoms. The standard InChI is InChI=1S/C17H17N3O2/c1-21-13-9-7-12(8-10-13)11-18-16-14-5-3-4-6-15(14)19-17(20-16)22-2/h3-10H,11H2,1-2H3,(H,18,19,20). The first-order valence-electron chi connectivity index (χ1n) is 6.97. The minimum absolute atomic E-state index is 0.357. The third kappa shape index (κ3) is 2.93. The lowest BCUT2D eigenvalue weighted by atomic mass is 10.2. The number of hydrogen-bond donors (Lipinski definition) is 1. The summed E-state index contributed by atoms with van der Waals surface area (Å²) in [5.74, 6) is 1.61. The summed E-state index contributed by atoms with van der Waals surface area (Å²) in [5, 5.41) is 4.31. The summed E-state index contributed by atoms with van der Waals surface area (Å²) in [6.45, 7) is 0.661. The Bertz CT molecular complexity index is 772. The second-order valence-corrected chi connectivity index (χ2v) is 4.78. The zero-order chi connectivity index (χ0) is 15.4. The van der Waals surface area contributed by atoms with Gasteiger partial charge in [-0.2, -0.15) is 9.97 Å². The molecule has 1 N–H and O–H groups in total. The summed E-state index contributed by atoms with van der Waals surface area (Å²) >= 11 is 0. The topological polar surface area (TPSA) is 56.3 Å². The monoisotopic (exact) mass is 295 g/mol. The lowest BCUT2D eigenvalue weighted by Gasteiger charge is -2.10. The van der Waals surface area contributed by atoms with Crippen LogP contribution in [0.3, 0.4) is 0 Å². The maximum atomic E-state index is 5.17. The van der Waals surface area contributed by atoms with Crippen molar-refractivity contribution in [3.63, 3.8) is 0 Å². The number of para-hydroxylation sites is 1. The largest absolute Gasteiger partial charge is 0.497 e. The van der Waals surface area contributed by atoms with Gasteiger partial charge in [-0.05, 0) is 29.8 Å². The SMILES string of the molecule is COc1ccc(CNc2nc(OC)nc3ccccc23)cc1. The van der Waals surface area contributed by atoms with Gasteiger partial charge >= 0.3 is 6.01 Å². The van der Waals surface area contributed by atoms with Crippen LogP contribution in [0.1, 0.15) is 5.56 Å². The van der Waals surface area contributed by atoms with Gasteiger partial charge in [-0.3, -0.25) is 0 Å². The Morgan fingerprint density at radius 2 is 1.68 bits per heavy atom. The molecule has 0 atom stereocenters. The summed E-state index contributed by atoms with van der Waals surface area (Å²) in [7, 11) is 3.23. The molecule has 5 nitrogen and oxygen atoms in total. The van der Waals surface area contributed by atoms with Crippen molar-refractivity contribution in [3.05, 3.63) is 54.1 Å². The lowest BCUT2D eigenvalue weighted by molar-refractivity contribution is 0.382. The van der Waals surface area contributed by atoms with Crippen molar-refractivity contribution in [2.24, 2.45) is 0 Å². The van der Waals surface area contributed by atoms with Gasteiger partial charge in [-0.1, -0.05) is 24.3 Å². The number of fused-ring (bicyclic) bond motifs is 1. The highest BCUT2D eigenvalue weighted by atomic mass is 16.5. The highest BCUT2D eigenvalue weighted by Gasteiger charge is 2.07. The zero-order valence-corrected chi connectivity index (χ0v) is 12.5. The molecule has 0 radical (unpaired) electrons. The number of anilines is 1. The van der Waals surface area contributed by atoms with Gasteiger partial charge in [0.05, 0.1) is 19.7 Å². The smallest absolute Gasteiger partial charge is 0.318 e. The Morgan fingerprint density at radius 3 is 2.41 bits per heavy atom. The molecule has 0 aliphatic heterocycles. The molecule has 112 valence electrons. The summed E-state index contributed by atoms with van der Waals surface area (Å²) in [6, 6.07) is 16.1. The van der Waals surface area contributed by atoms with E-state index in [1.165, 1.54) is 0 Å². The molecule has 0 unspecified atom stereocenters. The van der Waals surface area contributed by atoms with E-state index in [0.717, 1.165) is 28.0 Å². The van der Waals surface area contributed by atoms with Crippen LogP contribution in [0.5, 0.6) is 11.8 Å². The second-order valence-electron chi connectivity index (χ2n) is 4.78. The van der Waals surface area contributed by atoms with Gasteiger partial charge in [0, 0.05) is 11.9 Å². The van der Waals surface area contributed by atoms with Crippen LogP contribution in [-0.4, -0.2) is 24.2 Å². The molecule has 3 aromatic rings. The molecule has 22 heavy (non-hydrogen) atoms. The van der Waals surface area contributed by atoms with Crippen LogP contribution >= 0.6 is 0 Å². The number of hydrogen-bond acceptors (Lipinski definition) is 5. The number of nitrogens with one attached hydrogen (secondary N) is 1. The summed E-state index contributed by atoms with van der Waals surface area (Å²) in [5.41, 5.74) is 1.99. The molecule has 0 saturated heterocycles. The number of methoxy groups -OCH3 is 2. The third-order valence-electron chi connectivity index (χ3n) is 3.38. The quantitative estimate of drug-likeness (QED) is 0.783. The van der Waals surface area contributed by atoms with E-state index in [1.54, 1.807) is 14.2 Å². The predicted octanol–water partition coefficient (Wildman–Crippen LogP) is 3.26. The molecule has 1 aromatic heterocycles. The number of ether oxygens (including phenoxy) is 2. The van der Waals surface area contributed by atoms with Crippen LogP contribution in [0, 0.1) is 0 Å². The van der Waals surface area contributed by atoms with Crippen LogP contribution in [0.25, 0.3) is 10.9 Å². The first-order valence-corrected chi connectivity index (χ1v) is 6.97. The molecular weight excluding hydrogens is 278 g/mol. The molecule has 0 saturated carbocycles. The second kappa shape index (κ2) is 6.30. The van der Waals surface area contributed by atoms with E-state index in [2.05, 4.69) is 15.3 Å². The van der Waals surface area contributed by atoms with Gasteiger partial charge in [0.15, 0.2) is 0 Å². The number of benzene rings is 2. The van der Waals surface area contributed by atoms with Crippen LogP contribution in [0.15, 0.2) is 48.5 Å². The highest BCUT2D eigenvalue weighted by molar-refractivity contribution is 5.89. The average Bonchev–Trinajstić information content (AvgIpc) is 2.59. The van der Waals surface area contributed by atoms with E-state index < -0.39 is 0 Å². The third-order valence-corrected chi connectivity index (χ3v) is 3.38. The number of nitrogens with zero attached hydrogens (tertiary/aromatic N) is 2. The van der Waals surface area contributed by atoms with Crippen molar-refractivity contribution < 1.29 is 9.47 Å².